The van der Waals surface area contributed by atoms with E-state index < -0.39 is 0 Å². The number of hydrogen-bond donors (Lipinski definition) is 3. The second kappa shape index (κ2) is 24.8. The van der Waals surface area contributed by atoms with Crippen LogP contribution in [0, 0.1) is 16.7 Å². The van der Waals surface area contributed by atoms with Gasteiger partial charge in [0.25, 0.3) is 0 Å². The molecule has 65 heavy (non-hydrogen) atoms. The molecule has 6 heterocycles. The van der Waals surface area contributed by atoms with Crippen LogP contribution in [0.25, 0.3) is 21.8 Å². The van der Waals surface area contributed by atoms with Crippen molar-refractivity contribution in [3.05, 3.63) is 98.1 Å². The van der Waals surface area contributed by atoms with E-state index in [2.05, 4.69) is 35.5 Å². The second-order valence-electron chi connectivity index (χ2n) is 17.6. The Labute approximate surface area is 406 Å². The minimum Gasteiger partial charge on any atom is -0.497 e. The van der Waals surface area contributed by atoms with Gasteiger partial charge in [0.1, 0.15) is 15.8 Å². The first-order valence-electron chi connectivity index (χ1n) is 23.1. The molecule has 0 amide bonds. The summed E-state index contributed by atoms with van der Waals surface area (Å²) in [5, 5.41) is 33.1. The maximum Gasteiger partial charge on any atom is 0.149 e. The minimum atomic E-state index is -0.0400. The lowest BCUT2D eigenvalue weighted by molar-refractivity contribution is 0.0211. The number of benzene rings is 2. The van der Waals surface area contributed by atoms with Crippen molar-refractivity contribution >= 4 is 79.4 Å². The highest BCUT2D eigenvalue weighted by Crippen LogP contribution is 2.42. The molecule has 2 aliphatic heterocycles. The van der Waals surface area contributed by atoms with Gasteiger partial charge in [-0.1, -0.05) is 35.0 Å². The van der Waals surface area contributed by atoms with E-state index in [1.54, 1.807) is 49.3 Å². The monoisotopic (exact) mass is 978 g/mol. The van der Waals surface area contributed by atoms with Crippen molar-refractivity contribution in [1.29, 1.82) is 0 Å². The van der Waals surface area contributed by atoms with E-state index >= 15 is 0 Å². The zero-order valence-corrected chi connectivity index (χ0v) is 41.7. The van der Waals surface area contributed by atoms with Crippen molar-refractivity contribution < 1.29 is 19.7 Å². The first-order chi connectivity index (χ1) is 31.8. The highest BCUT2D eigenvalue weighted by molar-refractivity contribution is 8.01. The molecule has 2 fully saturated rings. The molecule has 2 aliphatic rings. The third-order valence-electron chi connectivity index (χ3n) is 13.8. The van der Waals surface area contributed by atoms with Gasteiger partial charge in [-0.05, 0) is 180 Å². The lowest BCUT2D eigenvalue weighted by Crippen LogP contribution is -2.47. The predicted octanol–water partition coefficient (Wildman–Crippen LogP) is 11.2. The number of hydrogen-bond acceptors (Lipinski definition) is 13. The summed E-state index contributed by atoms with van der Waals surface area (Å²) in [7, 11) is 3.35. The number of piperidine rings is 2. The van der Waals surface area contributed by atoms with Crippen LogP contribution in [-0.2, 0) is 19.3 Å². The van der Waals surface area contributed by atoms with Gasteiger partial charge in [0.05, 0.1) is 40.3 Å². The highest BCUT2D eigenvalue weighted by Gasteiger charge is 2.39. The van der Waals surface area contributed by atoms with Gasteiger partial charge in [0.2, 0.25) is 0 Å². The van der Waals surface area contributed by atoms with Gasteiger partial charge < -0.3 is 29.9 Å². The van der Waals surface area contributed by atoms with E-state index in [4.69, 9.17) is 32.7 Å². The zero-order chi connectivity index (χ0) is 45.5. The van der Waals surface area contributed by atoms with Crippen LogP contribution in [0.4, 0.5) is 0 Å². The topological polar surface area (TPSA) is 126 Å². The summed E-state index contributed by atoms with van der Waals surface area (Å²) in [6, 6.07) is 11.9. The largest absolute Gasteiger partial charge is 0.497 e. The smallest absolute Gasteiger partial charge is 0.149 e. The van der Waals surface area contributed by atoms with E-state index in [-0.39, 0.29) is 24.0 Å². The van der Waals surface area contributed by atoms with Gasteiger partial charge in [0, 0.05) is 65.3 Å². The molecule has 0 spiro atoms. The maximum absolute atomic E-state index is 10.5. The number of aliphatic hydroxyl groups is 2. The molecule has 8 rings (SSSR count). The van der Waals surface area contributed by atoms with Crippen LogP contribution in [0.3, 0.4) is 0 Å². The number of nitrogens with one attached hydrogen (secondary N) is 1. The Balaban J connectivity index is 0.000000194. The number of unbranched alkanes of at least 4 members (excludes halogenated alkanes) is 1. The Morgan fingerprint density at radius 1 is 0.769 bits per heavy atom. The number of fused-ring (bicyclic) bond motifs is 2. The molecule has 0 saturated carbocycles. The van der Waals surface area contributed by atoms with Crippen LogP contribution in [0.5, 0.6) is 11.5 Å². The molecule has 2 aromatic carbocycles. The highest BCUT2D eigenvalue weighted by atomic mass is 35.5. The summed E-state index contributed by atoms with van der Waals surface area (Å²) < 4.78 is 11.9. The number of nitrogens with zero attached hydrogens (tertiary/aromatic N) is 5. The number of aryl methyl sites for hydroxylation is 3. The van der Waals surface area contributed by atoms with E-state index in [9.17, 15) is 10.2 Å². The summed E-state index contributed by atoms with van der Waals surface area (Å²) in [4.78, 5) is 20.2. The van der Waals surface area contributed by atoms with Crippen LogP contribution in [0.1, 0.15) is 80.3 Å². The third kappa shape index (κ3) is 13.3. The fraction of sp³-hybridized carbons (Fsp3) is 0.520. The van der Waals surface area contributed by atoms with Gasteiger partial charge in [-0.2, -0.15) is 0 Å². The normalized spacial score (nSPS) is 18.7. The van der Waals surface area contributed by atoms with Crippen LogP contribution in [0.15, 0.2) is 76.3 Å². The lowest BCUT2D eigenvalue weighted by atomic mass is 9.67. The van der Waals surface area contributed by atoms with E-state index in [1.165, 1.54) is 17.8 Å². The average molecular weight is 980 g/mol. The molecule has 4 aromatic heterocycles. The summed E-state index contributed by atoms with van der Waals surface area (Å²) in [5.41, 5.74) is 4.11. The van der Waals surface area contributed by atoms with Gasteiger partial charge in [-0.25, -0.2) is 9.97 Å². The van der Waals surface area contributed by atoms with E-state index in [1.807, 2.05) is 65.9 Å². The zero-order valence-electron chi connectivity index (χ0n) is 37.8. The van der Waals surface area contributed by atoms with Gasteiger partial charge in [0.15, 0.2) is 0 Å². The molecule has 2 unspecified atom stereocenters. The molecule has 6 aromatic rings. The Morgan fingerprint density at radius 2 is 1.42 bits per heavy atom. The summed E-state index contributed by atoms with van der Waals surface area (Å²) in [6.45, 7) is 5.74. The number of methoxy groups -OCH3 is 2. The average Bonchev–Trinajstić information content (AvgIpc) is 4.08. The van der Waals surface area contributed by atoms with Crippen molar-refractivity contribution in [2.45, 2.75) is 87.8 Å². The molecular weight excluding hydrogens is 916 g/mol. The fourth-order valence-corrected chi connectivity index (χ4v) is 12.7. The third-order valence-corrected chi connectivity index (χ3v) is 17.3. The number of thiazole rings is 2. The Morgan fingerprint density at radius 3 is 2.00 bits per heavy atom. The quantitative estimate of drug-likeness (QED) is 0.0471. The van der Waals surface area contributed by atoms with Gasteiger partial charge in [-0.15, -0.1) is 22.7 Å². The Bertz CT molecular complexity index is 2370. The first-order valence-corrected chi connectivity index (χ1v) is 26.6. The van der Waals surface area contributed by atoms with Crippen molar-refractivity contribution in [3.63, 3.8) is 0 Å². The standard InChI is InChI=1S/C26H34ClN3O2S.C24H30ClN3O2S2/c1-32-20-7-8-24-22(17-20)21(23(27)18-29-24)5-4-9-26(19-31)10-14-30(15-11-26)13-3-2-6-25-28-12-16-33-25;1-30-18-4-5-22-20(13-18)19(21(25)15-28-22)3-2-7-24(16-29)8-9-26-14-17(24)6-11-31-23-27-10-12-32-23/h7-8,12,16-18,31H,2-6,9-11,13-15,19H2,1H3;4-5,10,12-13,15,17,26,29H,2-3,6-9,11,14,16H2,1H3. The van der Waals surface area contributed by atoms with Crippen molar-refractivity contribution in [3.8, 4) is 11.5 Å². The number of thioether (sulfide) groups is 1. The van der Waals surface area contributed by atoms with Crippen LogP contribution < -0.4 is 14.8 Å². The molecule has 0 bridgehead atoms. The van der Waals surface area contributed by atoms with Crippen molar-refractivity contribution in [2.75, 3.05) is 65.9 Å². The minimum absolute atomic E-state index is 0.0321. The number of aliphatic hydroxyl groups excluding tert-OH is 2. The summed E-state index contributed by atoms with van der Waals surface area (Å²) >= 11 is 18.4. The Kier molecular flexibility index (Phi) is 19.0. The van der Waals surface area contributed by atoms with Crippen LogP contribution in [0.2, 0.25) is 10.0 Å². The Hall–Kier alpha value is -3.11. The van der Waals surface area contributed by atoms with E-state index in [0.717, 1.165) is 158 Å². The van der Waals surface area contributed by atoms with Gasteiger partial charge >= 0.3 is 0 Å². The molecule has 0 radical (unpaired) electrons. The first kappa shape index (κ1) is 49.8. The van der Waals surface area contributed by atoms with Crippen molar-refractivity contribution in [2.24, 2.45) is 16.7 Å². The number of ether oxygens (including phenoxy) is 2. The molecular formula is C50H64Cl2N6O4S3. The fourth-order valence-electron chi connectivity index (χ4n) is 9.78. The van der Waals surface area contributed by atoms with E-state index in [0.29, 0.717) is 16.0 Å². The number of aromatic nitrogens is 4. The molecule has 3 N–H and O–H groups in total. The molecule has 10 nitrogen and oxygen atoms in total. The summed E-state index contributed by atoms with van der Waals surface area (Å²) in [5.74, 6) is 3.12. The number of halogens is 2. The molecule has 350 valence electrons. The van der Waals surface area contributed by atoms with Crippen LogP contribution in [-0.4, -0.2) is 101 Å². The molecule has 0 aliphatic carbocycles. The van der Waals surface area contributed by atoms with Crippen LogP contribution >= 0.6 is 57.6 Å². The number of likely N-dealkylation sites (tertiary alicyclic amines) is 1. The molecule has 2 atom stereocenters. The van der Waals surface area contributed by atoms with Crippen molar-refractivity contribution in [1.82, 2.24) is 30.2 Å². The molecule has 2 saturated heterocycles. The summed E-state index contributed by atoms with van der Waals surface area (Å²) in [6.07, 6.45) is 20.7. The second-order valence-corrected chi connectivity index (χ2v) is 21.7. The maximum atomic E-state index is 10.5. The van der Waals surface area contributed by atoms with Gasteiger partial charge in [-0.3, -0.25) is 9.97 Å². The number of pyridine rings is 2. The lowest BCUT2D eigenvalue weighted by Gasteiger charge is -2.44. The predicted molar refractivity (Wildman–Crippen MR) is 271 cm³/mol. The molecule has 15 heteroatoms. The SMILES string of the molecule is COc1ccc2ncc(Cl)c(CCCC3(CO)CCN(CCCCc4nccs4)CC3)c2c1.COc1ccc2ncc(Cl)c(CCCC3(CO)CCNCC3CCSc3nccs3)c2c1. The number of rotatable bonds is 21.